The number of allylic oxidation sites excluding steroid dienone is 10. The maximum Gasteiger partial charge on any atom is 0.201 e. The van der Waals surface area contributed by atoms with Crippen LogP contribution in [0.3, 0.4) is 0 Å². The average molecular weight is 823 g/mol. The van der Waals surface area contributed by atoms with Crippen LogP contribution in [0.4, 0.5) is 11.6 Å². The molecule has 5 unspecified atom stereocenters. The normalized spacial score (nSPS) is 24.7. The quantitative estimate of drug-likeness (QED) is 0.130. The summed E-state index contributed by atoms with van der Waals surface area (Å²) >= 11 is 0. The lowest BCUT2D eigenvalue weighted by atomic mass is 9.66. The SMILES string of the molecule is C=C(/C=C\CC)C1C=CC(C)=CC[C@H]1C(O)(CC)/C(CCC)=C(\C)c1ccc2c3c(oc2c1C1=C(C)C2(C)C=CC=CC2N1c1cccc2c1oc1ccccc12)NC(C)C=C3. The minimum Gasteiger partial charge on any atom is -0.454 e. The van der Waals surface area contributed by atoms with E-state index >= 15 is 0 Å². The van der Waals surface area contributed by atoms with Crippen molar-refractivity contribution in [3.05, 3.63) is 161 Å². The van der Waals surface area contributed by atoms with Gasteiger partial charge in [-0.1, -0.05) is 143 Å². The molecule has 2 aliphatic carbocycles. The van der Waals surface area contributed by atoms with E-state index in [2.05, 4.69) is 188 Å². The van der Waals surface area contributed by atoms with E-state index in [4.69, 9.17) is 8.83 Å². The van der Waals surface area contributed by atoms with Gasteiger partial charge in [0, 0.05) is 50.6 Å². The van der Waals surface area contributed by atoms with Crippen molar-refractivity contribution < 1.29 is 13.9 Å². The molecule has 5 nitrogen and oxygen atoms in total. The van der Waals surface area contributed by atoms with Crippen LogP contribution in [0.25, 0.3) is 50.3 Å². The van der Waals surface area contributed by atoms with Gasteiger partial charge in [-0.15, -0.1) is 0 Å². The van der Waals surface area contributed by atoms with Gasteiger partial charge < -0.3 is 24.2 Å². The number of fused-ring (bicyclic) bond motifs is 7. The molecule has 9 rings (SSSR count). The number of nitrogens with one attached hydrogen (secondary N) is 1. The highest BCUT2D eigenvalue weighted by Crippen LogP contribution is 2.57. The molecular formula is C57H62N2O3. The molecule has 6 atom stereocenters. The summed E-state index contributed by atoms with van der Waals surface area (Å²) in [6.07, 6.45) is 28.5. The fraction of sp³-hybridized carbons (Fsp3) is 0.333. The Morgan fingerprint density at radius 2 is 1.76 bits per heavy atom. The maximum absolute atomic E-state index is 13.7. The number of hydrogen-bond donors (Lipinski definition) is 2. The fourth-order valence-electron chi connectivity index (χ4n) is 11.0. The highest BCUT2D eigenvalue weighted by atomic mass is 16.4. The highest BCUT2D eigenvalue weighted by molar-refractivity contribution is 6.12. The number of para-hydroxylation sites is 2. The molecule has 2 aromatic heterocycles. The largest absolute Gasteiger partial charge is 0.454 e. The maximum atomic E-state index is 13.7. The van der Waals surface area contributed by atoms with Gasteiger partial charge in [0.1, 0.15) is 11.2 Å². The number of aliphatic hydroxyl groups is 1. The molecule has 5 heteroatoms. The Hall–Kier alpha value is -5.78. The van der Waals surface area contributed by atoms with Crippen molar-refractivity contribution >= 4 is 61.8 Å². The molecule has 0 spiro atoms. The van der Waals surface area contributed by atoms with Crippen LogP contribution in [-0.4, -0.2) is 22.8 Å². The van der Waals surface area contributed by atoms with E-state index < -0.39 is 5.60 Å². The van der Waals surface area contributed by atoms with Crippen LogP contribution >= 0.6 is 0 Å². The van der Waals surface area contributed by atoms with E-state index in [0.29, 0.717) is 6.42 Å². The molecule has 62 heavy (non-hydrogen) atoms. The molecule has 2 N–H and O–H groups in total. The first-order valence-corrected chi connectivity index (χ1v) is 22.9. The molecule has 4 heterocycles. The number of benzene rings is 3. The second kappa shape index (κ2) is 16.2. The van der Waals surface area contributed by atoms with Crippen LogP contribution < -0.4 is 10.2 Å². The minimum absolute atomic E-state index is 0.0315. The van der Waals surface area contributed by atoms with Crippen LogP contribution in [0.15, 0.2) is 153 Å². The van der Waals surface area contributed by atoms with Crippen LogP contribution in [0.5, 0.6) is 0 Å². The number of rotatable bonds is 11. The van der Waals surface area contributed by atoms with E-state index in [-0.39, 0.29) is 29.3 Å². The lowest BCUT2D eigenvalue weighted by Crippen LogP contribution is -2.43. The van der Waals surface area contributed by atoms with Crippen LogP contribution in [0.1, 0.15) is 104 Å². The van der Waals surface area contributed by atoms with Crippen LogP contribution in [-0.2, 0) is 0 Å². The van der Waals surface area contributed by atoms with Gasteiger partial charge in [0.2, 0.25) is 5.88 Å². The number of hydrogen-bond acceptors (Lipinski definition) is 5. The zero-order valence-electron chi connectivity index (χ0n) is 37.8. The van der Waals surface area contributed by atoms with Gasteiger partial charge in [0.15, 0.2) is 5.58 Å². The summed E-state index contributed by atoms with van der Waals surface area (Å²) in [4.78, 5) is 2.52. The molecule has 0 amide bonds. The monoisotopic (exact) mass is 822 g/mol. The zero-order chi connectivity index (χ0) is 43.5. The summed E-state index contributed by atoms with van der Waals surface area (Å²) in [6, 6.07) is 19.5. The highest BCUT2D eigenvalue weighted by Gasteiger charge is 2.49. The summed E-state index contributed by atoms with van der Waals surface area (Å²) in [5.41, 5.74) is 12.1. The van der Waals surface area contributed by atoms with E-state index in [1.165, 1.54) is 11.1 Å². The average Bonchev–Trinajstić information content (AvgIpc) is 3.86. The lowest BCUT2D eigenvalue weighted by Gasteiger charge is -2.42. The van der Waals surface area contributed by atoms with Gasteiger partial charge in [-0.2, -0.15) is 0 Å². The Balaban J connectivity index is 1.35. The Kier molecular flexibility index (Phi) is 10.8. The summed E-state index contributed by atoms with van der Waals surface area (Å²) in [7, 11) is 0. The second-order valence-electron chi connectivity index (χ2n) is 18.3. The molecule has 4 aliphatic rings. The smallest absolute Gasteiger partial charge is 0.201 e. The van der Waals surface area contributed by atoms with Crippen molar-refractivity contribution in [3.8, 4) is 0 Å². The first-order chi connectivity index (χ1) is 29.9. The van der Waals surface area contributed by atoms with Gasteiger partial charge in [0.25, 0.3) is 0 Å². The lowest BCUT2D eigenvalue weighted by molar-refractivity contribution is -0.000305. The standard InChI is InChI=1S/C57H62N2O3/c1-10-13-20-36(5)40-29-26-35(4)27-33-47(40)57(60,12-3)46(19-11-2)38(7)41-31-32-44-45-30-28-37(6)58-55(45)62-54(44)51(41)52-39(8)56(9)34-17-16-25-50(56)59(52)48-23-18-22-43-42-21-14-15-24-49(42)61-53(43)48/h13-18,20-32,34,37,40,47,50,58,60H,5,10-12,19,33H2,1-4,6-9H3/b20-13-,46-38+/t37?,40?,47-,50?,56?,57?/m1/s1. The van der Waals surface area contributed by atoms with Gasteiger partial charge in [0.05, 0.1) is 23.0 Å². The number of furan rings is 2. The van der Waals surface area contributed by atoms with E-state index in [0.717, 1.165) is 109 Å². The molecule has 0 bridgehead atoms. The Labute approximate surface area is 367 Å². The predicted octanol–water partition coefficient (Wildman–Crippen LogP) is 15.3. The topological polar surface area (TPSA) is 61.8 Å². The first kappa shape index (κ1) is 41.6. The molecular weight excluding hydrogens is 761 g/mol. The molecule has 3 aromatic carbocycles. The van der Waals surface area contributed by atoms with Crippen molar-refractivity contribution in [2.75, 3.05) is 10.2 Å². The summed E-state index contributed by atoms with van der Waals surface area (Å²) < 4.78 is 14.0. The summed E-state index contributed by atoms with van der Waals surface area (Å²) in [6.45, 7) is 22.4. The van der Waals surface area contributed by atoms with Crippen LogP contribution in [0.2, 0.25) is 0 Å². The van der Waals surface area contributed by atoms with E-state index in [9.17, 15) is 5.11 Å². The molecule has 0 saturated carbocycles. The van der Waals surface area contributed by atoms with Crippen molar-refractivity contribution in [2.45, 2.75) is 105 Å². The first-order valence-electron chi connectivity index (χ1n) is 22.9. The van der Waals surface area contributed by atoms with Gasteiger partial charge in [-0.25, -0.2) is 0 Å². The molecule has 0 saturated heterocycles. The Morgan fingerprint density at radius 3 is 2.55 bits per heavy atom. The van der Waals surface area contributed by atoms with E-state index in [1.807, 2.05) is 6.07 Å². The summed E-state index contributed by atoms with van der Waals surface area (Å²) in [5.74, 6) is 0.640. The molecule has 0 fully saturated rings. The van der Waals surface area contributed by atoms with Gasteiger partial charge >= 0.3 is 0 Å². The Bertz CT molecular complexity index is 2860. The molecule has 2 aliphatic heterocycles. The summed E-state index contributed by atoms with van der Waals surface area (Å²) in [5, 5.41) is 20.5. The van der Waals surface area contributed by atoms with Crippen molar-refractivity contribution in [2.24, 2.45) is 17.3 Å². The minimum atomic E-state index is -1.13. The third kappa shape index (κ3) is 6.54. The van der Waals surface area contributed by atoms with Crippen molar-refractivity contribution in [3.63, 3.8) is 0 Å². The zero-order valence-corrected chi connectivity index (χ0v) is 37.8. The van der Waals surface area contributed by atoms with Crippen LogP contribution in [0, 0.1) is 17.3 Å². The molecule has 5 aromatic rings. The second-order valence-corrected chi connectivity index (χ2v) is 18.3. The van der Waals surface area contributed by atoms with Gasteiger partial charge in [-0.05, 0) is 106 Å². The predicted molar refractivity (Wildman–Crippen MR) is 263 cm³/mol. The third-order valence-corrected chi connectivity index (χ3v) is 14.6. The van der Waals surface area contributed by atoms with E-state index in [1.54, 1.807) is 0 Å². The number of anilines is 2. The third-order valence-electron chi connectivity index (χ3n) is 14.6. The number of nitrogens with zero attached hydrogens (tertiary/aromatic N) is 1. The van der Waals surface area contributed by atoms with Crippen molar-refractivity contribution in [1.82, 2.24) is 0 Å². The molecule has 0 radical (unpaired) electrons. The Morgan fingerprint density at radius 1 is 0.952 bits per heavy atom. The molecule has 318 valence electrons. The van der Waals surface area contributed by atoms with Gasteiger partial charge in [-0.3, -0.25) is 0 Å². The van der Waals surface area contributed by atoms with Crippen molar-refractivity contribution in [1.29, 1.82) is 0 Å². The fourth-order valence-corrected chi connectivity index (χ4v) is 11.0.